The molecule has 0 amide bonds. The molecule has 90 valence electrons. The molecule has 0 spiro atoms. The second-order valence-corrected chi connectivity index (χ2v) is 5.40. The molecule has 0 bridgehead atoms. The predicted molar refractivity (Wildman–Crippen MR) is 70.4 cm³/mol. The Balaban J connectivity index is 2.12. The summed E-state index contributed by atoms with van der Waals surface area (Å²) in [7, 11) is 1.68. The average molecular weight is 267 g/mol. The minimum atomic E-state index is 0.542. The van der Waals surface area contributed by atoms with Crippen molar-refractivity contribution < 1.29 is 4.74 Å². The van der Waals surface area contributed by atoms with Gasteiger partial charge in [0.05, 0.1) is 7.11 Å². The molecule has 0 aliphatic heterocycles. The Morgan fingerprint density at radius 2 is 2.35 bits per heavy atom. The van der Waals surface area contributed by atoms with Gasteiger partial charge >= 0.3 is 0 Å². The number of thioether (sulfide) groups is 1. The van der Waals surface area contributed by atoms with Crippen LogP contribution in [0.25, 0.3) is 0 Å². The Kier molecular flexibility index (Phi) is 4.36. The van der Waals surface area contributed by atoms with Crippen molar-refractivity contribution in [3.8, 4) is 5.75 Å². The molecule has 0 saturated heterocycles. The fourth-order valence-corrected chi connectivity index (χ4v) is 2.90. The molecule has 2 N–H and O–H groups in total. The normalized spacial score (nSPS) is 10.5. The van der Waals surface area contributed by atoms with E-state index >= 15 is 0 Å². The van der Waals surface area contributed by atoms with Crippen LogP contribution in [0, 0.1) is 0 Å². The summed E-state index contributed by atoms with van der Waals surface area (Å²) in [6, 6.07) is 6.02. The maximum absolute atomic E-state index is 5.63. The van der Waals surface area contributed by atoms with E-state index in [0.717, 1.165) is 27.0 Å². The number of hydrogen-bond donors (Lipinski definition) is 1. The zero-order valence-corrected chi connectivity index (χ0v) is 11.1. The third-order valence-corrected chi connectivity index (χ3v) is 4.18. The van der Waals surface area contributed by atoms with E-state index in [-0.39, 0.29) is 0 Å². The monoisotopic (exact) mass is 267 g/mol. The molecule has 0 unspecified atom stereocenters. The van der Waals surface area contributed by atoms with Crippen molar-refractivity contribution in [3.63, 3.8) is 0 Å². The summed E-state index contributed by atoms with van der Waals surface area (Å²) in [4.78, 5) is 0. The standard InChI is InChI=1S/C11H13N3OS2/c1-15-10-3-2-8(5-12)4-9(10)6-16-11-14-13-7-17-11/h2-4,7H,5-6,12H2,1H3. The summed E-state index contributed by atoms with van der Waals surface area (Å²) >= 11 is 3.19. The molecule has 2 rings (SSSR count). The van der Waals surface area contributed by atoms with Crippen LogP contribution in [0.5, 0.6) is 5.75 Å². The summed E-state index contributed by atoms with van der Waals surface area (Å²) < 4.78 is 6.29. The van der Waals surface area contributed by atoms with Gasteiger partial charge < -0.3 is 10.5 Å². The molecule has 6 heteroatoms. The Morgan fingerprint density at radius 3 is 3.00 bits per heavy atom. The summed E-state index contributed by atoms with van der Waals surface area (Å²) in [5, 5.41) is 7.80. The maximum atomic E-state index is 5.63. The molecule has 2 aromatic rings. The maximum Gasteiger partial charge on any atom is 0.174 e. The lowest BCUT2D eigenvalue weighted by Gasteiger charge is -2.09. The predicted octanol–water partition coefficient (Wildman–Crippen LogP) is 2.30. The molecule has 0 radical (unpaired) electrons. The van der Waals surface area contributed by atoms with Crippen LogP contribution in [0.15, 0.2) is 28.0 Å². The molecule has 1 heterocycles. The van der Waals surface area contributed by atoms with Crippen LogP contribution in [0.1, 0.15) is 11.1 Å². The van der Waals surface area contributed by atoms with Crippen molar-refractivity contribution in [2.24, 2.45) is 5.73 Å². The molecule has 0 saturated carbocycles. The smallest absolute Gasteiger partial charge is 0.174 e. The van der Waals surface area contributed by atoms with E-state index in [2.05, 4.69) is 16.3 Å². The van der Waals surface area contributed by atoms with Gasteiger partial charge in [0.25, 0.3) is 0 Å². The molecule has 1 aromatic carbocycles. The van der Waals surface area contributed by atoms with E-state index < -0.39 is 0 Å². The average Bonchev–Trinajstić information content (AvgIpc) is 2.89. The first-order chi connectivity index (χ1) is 8.33. The second kappa shape index (κ2) is 6.00. The molecule has 0 fully saturated rings. The second-order valence-electron chi connectivity index (χ2n) is 3.34. The van der Waals surface area contributed by atoms with Crippen LogP contribution >= 0.6 is 23.1 Å². The highest BCUT2D eigenvalue weighted by atomic mass is 32.2. The highest BCUT2D eigenvalue weighted by Crippen LogP contribution is 2.29. The number of aromatic nitrogens is 2. The van der Waals surface area contributed by atoms with Crippen molar-refractivity contribution in [2.45, 2.75) is 16.6 Å². The number of nitrogens with two attached hydrogens (primary N) is 1. The van der Waals surface area contributed by atoms with Gasteiger partial charge in [-0.1, -0.05) is 29.2 Å². The SMILES string of the molecule is COc1ccc(CN)cc1CSc1nncs1. The fourth-order valence-electron chi connectivity index (χ4n) is 1.44. The Bertz CT molecular complexity index is 474. The molecule has 1 aromatic heterocycles. The van der Waals surface area contributed by atoms with Crippen LogP contribution in [0.2, 0.25) is 0 Å². The van der Waals surface area contributed by atoms with Gasteiger partial charge in [-0.3, -0.25) is 0 Å². The zero-order valence-electron chi connectivity index (χ0n) is 9.42. The molecule has 0 aliphatic carbocycles. The van der Waals surface area contributed by atoms with Gasteiger partial charge in [-0.05, 0) is 17.7 Å². The van der Waals surface area contributed by atoms with Crippen molar-refractivity contribution in [1.82, 2.24) is 10.2 Å². The zero-order chi connectivity index (χ0) is 12.1. The number of benzene rings is 1. The first kappa shape index (κ1) is 12.3. The minimum absolute atomic E-state index is 0.542. The van der Waals surface area contributed by atoms with Crippen LogP contribution in [-0.4, -0.2) is 17.3 Å². The summed E-state index contributed by atoms with van der Waals surface area (Å²) in [6.45, 7) is 0.542. The summed E-state index contributed by atoms with van der Waals surface area (Å²) in [5.41, 5.74) is 9.61. The van der Waals surface area contributed by atoms with E-state index in [1.807, 2.05) is 12.1 Å². The highest BCUT2D eigenvalue weighted by Gasteiger charge is 2.06. The lowest BCUT2D eigenvalue weighted by atomic mass is 10.1. The lowest BCUT2D eigenvalue weighted by molar-refractivity contribution is 0.411. The van der Waals surface area contributed by atoms with E-state index in [1.165, 1.54) is 0 Å². The van der Waals surface area contributed by atoms with E-state index in [4.69, 9.17) is 10.5 Å². The van der Waals surface area contributed by atoms with E-state index in [9.17, 15) is 0 Å². The van der Waals surface area contributed by atoms with Gasteiger partial charge in [-0.25, -0.2) is 0 Å². The molecular formula is C11H13N3OS2. The minimum Gasteiger partial charge on any atom is -0.496 e. The first-order valence-electron chi connectivity index (χ1n) is 5.08. The third kappa shape index (κ3) is 3.18. The van der Waals surface area contributed by atoms with Gasteiger partial charge in [0.15, 0.2) is 4.34 Å². The van der Waals surface area contributed by atoms with Crippen LogP contribution in [0.4, 0.5) is 0 Å². The topological polar surface area (TPSA) is 61.0 Å². The number of ether oxygens (including phenoxy) is 1. The van der Waals surface area contributed by atoms with E-state index in [0.29, 0.717) is 6.54 Å². The third-order valence-electron chi connectivity index (χ3n) is 2.27. The van der Waals surface area contributed by atoms with Gasteiger partial charge in [-0.2, -0.15) is 0 Å². The van der Waals surface area contributed by atoms with Gasteiger partial charge in [0.2, 0.25) is 0 Å². The number of hydrogen-bond acceptors (Lipinski definition) is 6. The van der Waals surface area contributed by atoms with Crippen LogP contribution in [0.3, 0.4) is 0 Å². The van der Waals surface area contributed by atoms with Crippen molar-refractivity contribution >= 4 is 23.1 Å². The van der Waals surface area contributed by atoms with Gasteiger partial charge in [0.1, 0.15) is 11.3 Å². The highest BCUT2D eigenvalue weighted by molar-refractivity contribution is 8.00. The number of methoxy groups -OCH3 is 1. The van der Waals surface area contributed by atoms with Crippen LogP contribution < -0.4 is 10.5 Å². The van der Waals surface area contributed by atoms with Crippen LogP contribution in [-0.2, 0) is 12.3 Å². The molecule has 4 nitrogen and oxygen atoms in total. The Labute approximate surface area is 108 Å². The number of rotatable bonds is 5. The van der Waals surface area contributed by atoms with Gasteiger partial charge in [0, 0.05) is 17.9 Å². The largest absolute Gasteiger partial charge is 0.496 e. The first-order valence-corrected chi connectivity index (χ1v) is 6.95. The fraction of sp³-hybridized carbons (Fsp3) is 0.273. The molecule has 17 heavy (non-hydrogen) atoms. The van der Waals surface area contributed by atoms with Gasteiger partial charge in [-0.15, -0.1) is 10.2 Å². The lowest BCUT2D eigenvalue weighted by Crippen LogP contribution is -1.98. The summed E-state index contributed by atoms with van der Waals surface area (Å²) in [5.74, 6) is 1.70. The van der Waals surface area contributed by atoms with Crippen molar-refractivity contribution in [1.29, 1.82) is 0 Å². The van der Waals surface area contributed by atoms with E-state index in [1.54, 1.807) is 35.7 Å². The quantitative estimate of drug-likeness (QED) is 0.842. The summed E-state index contributed by atoms with van der Waals surface area (Å²) in [6.07, 6.45) is 0. The molecule has 0 atom stereocenters. The van der Waals surface area contributed by atoms with Crippen molar-refractivity contribution in [2.75, 3.05) is 7.11 Å². The Morgan fingerprint density at radius 1 is 1.47 bits per heavy atom. The number of nitrogens with zero attached hydrogens (tertiary/aromatic N) is 2. The Hall–Kier alpha value is -1.11. The molecular weight excluding hydrogens is 254 g/mol. The van der Waals surface area contributed by atoms with Crippen molar-refractivity contribution in [3.05, 3.63) is 34.8 Å². The molecule has 0 aliphatic rings.